The number of benzene rings is 1. The molecule has 0 bridgehead atoms. The highest BCUT2D eigenvalue weighted by Gasteiger charge is 2.42. The van der Waals surface area contributed by atoms with E-state index in [9.17, 15) is 18.0 Å². The molecule has 3 aromatic rings. The lowest BCUT2D eigenvalue weighted by molar-refractivity contribution is -0.352. The van der Waals surface area contributed by atoms with E-state index >= 15 is 0 Å². The van der Waals surface area contributed by atoms with Crippen molar-refractivity contribution in [3.05, 3.63) is 52.8 Å². The quantitative estimate of drug-likeness (QED) is 0.502. The van der Waals surface area contributed by atoms with Crippen LogP contribution in [-0.4, -0.2) is 48.7 Å². The molecule has 2 fully saturated rings. The number of halogens is 4. The molecule has 1 amide bonds. The molecular formula is C21H21ClF3N5O3Si. The molecule has 0 spiro atoms. The van der Waals surface area contributed by atoms with E-state index in [1.54, 1.807) is 24.4 Å². The highest BCUT2D eigenvalue weighted by atomic mass is 35.5. The summed E-state index contributed by atoms with van der Waals surface area (Å²) in [4.78, 5) is 20.2. The van der Waals surface area contributed by atoms with Crippen molar-refractivity contribution in [3.8, 4) is 0 Å². The second kappa shape index (κ2) is 9.25. The van der Waals surface area contributed by atoms with Gasteiger partial charge in [0.1, 0.15) is 0 Å². The largest absolute Gasteiger partial charge is 0.522 e. The van der Waals surface area contributed by atoms with Crippen molar-refractivity contribution in [1.29, 1.82) is 0 Å². The Balaban J connectivity index is 1.12. The zero-order chi connectivity index (χ0) is 23.9. The first-order valence-electron chi connectivity index (χ1n) is 10.9. The van der Waals surface area contributed by atoms with Gasteiger partial charge in [0.25, 0.3) is 0 Å². The number of hydrogen-bond donors (Lipinski definition) is 2. The molecule has 0 unspecified atom stereocenters. The molecule has 0 radical (unpaired) electrons. The minimum absolute atomic E-state index is 0.142. The van der Waals surface area contributed by atoms with Gasteiger partial charge in [0, 0.05) is 28.7 Å². The van der Waals surface area contributed by atoms with E-state index in [0.29, 0.717) is 28.5 Å². The van der Waals surface area contributed by atoms with Crippen LogP contribution < -0.4 is 10.3 Å². The Morgan fingerprint density at radius 2 is 2.03 bits per heavy atom. The predicted molar refractivity (Wildman–Crippen MR) is 119 cm³/mol. The van der Waals surface area contributed by atoms with E-state index in [0.717, 1.165) is 23.4 Å². The third kappa shape index (κ3) is 5.24. The second-order valence-electron chi connectivity index (χ2n) is 8.60. The summed E-state index contributed by atoms with van der Waals surface area (Å²) in [5.74, 6) is 0.398. The third-order valence-corrected chi connectivity index (χ3v) is 8.82. The van der Waals surface area contributed by atoms with Gasteiger partial charge >= 0.3 is 6.36 Å². The summed E-state index contributed by atoms with van der Waals surface area (Å²) in [6.07, 6.45) is -2.16. The first-order valence-corrected chi connectivity index (χ1v) is 13.5. The van der Waals surface area contributed by atoms with Crippen molar-refractivity contribution in [3.63, 3.8) is 0 Å². The average molecular weight is 512 g/mol. The van der Waals surface area contributed by atoms with Crippen LogP contribution in [-0.2, 0) is 4.74 Å². The summed E-state index contributed by atoms with van der Waals surface area (Å²) in [6.45, 7) is 0. The molecule has 2 aliphatic rings. The van der Waals surface area contributed by atoms with Crippen molar-refractivity contribution < 1.29 is 27.1 Å². The van der Waals surface area contributed by atoms with Gasteiger partial charge in [-0.15, -0.1) is 23.4 Å². The number of alkyl halides is 3. The van der Waals surface area contributed by atoms with E-state index in [2.05, 4.69) is 30.2 Å². The smallest absolute Gasteiger partial charge is 0.423 e. The average Bonchev–Trinajstić information content (AvgIpc) is 3.25. The van der Waals surface area contributed by atoms with Gasteiger partial charge in [-0.2, -0.15) is 0 Å². The van der Waals surface area contributed by atoms with Gasteiger partial charge in [0.05, 0.1) is 23.2 Å². The number of nitrogens with one attached hydrogen (secondary N) is 2. The zero-order valence-corrected chi connectivity index (χ0v) is 19.7. The van der Waals surface area contributed by atoms with Crippen LogP contribution in [0.25, 0.3) is 10.9 Å². The Labute approximate surface area is 198 Å². The maximum absolute atomic E-state index is 12.7. The minimum atomic E-state index is -4.63. The van der Waals surface area contributed by atoms with Crippen LogP contribution in [0, 0.1) is 0 Å². The monoisotopic (exact) mass is 511 g/mol. The normalized spacial score (nSPS) is 25.2. The predicted octanol–water partition coefficient (Wildman–Crippen LogP) is 3.78. The molecule has 180 valence electrons. The molecule has 5 rings (SSSR count). The molecule has 1 aliphatic carbocycles. The minimum Gasteiger partial charge on any atom is -0.423 e. The lowest BCUT2D eigenvalue weighted by atomic mass is 9.82. The van der Waals surface area contributed by atoms with Crippen molar-refractivity contribution in [2.75, 3.05) is 6.17 Å². The van der Waals surface area contributed by atoms with E-state index in [-0.39, 0.29) is 30.7 Å². The Bertz CT molecular complexity index is 1200. The van der Waals surface area contributed by atoms with Crippen LogP contribution in [0.5, 0.6) is 0 Å². The Morgan fingerprint density at radius 1 is 1.24 bits per heavy atom. The maximum Gasteiger partial charge on any atom is 0.522 e. The van der Waals surface area contributed by atoms with Crippen molar-refractivity contribution in [1.82, 2.24) is 25.5 Å². The Hall–Kier alpha value is -2.54. The molecule has 8 nitrogen and oxygen atoms in total. The van der Waals surface area contributed by atoms with Crippen LogP contribution in [0.3, 0.4) is 0 Å². The summed E-state index contributed by atoms with van der Waals surface area (Å²) in [7, 11) is -1.60. The first-order chi connectivity index (χ1) is 16.2. The topological polar surface area (TPSA) is 102 Å². The summed E-state index contributed by atoms with van der Waals surface area (Å²) < 4.78 is 46.6. The lowest BCUT2D eigenvalue weighted by Crippen LogP contribution is -2.50. The SMILES string of the molecule is O=C(N[Si@H]1CC[C@H](c2nnc(C3CC(OC(F)(F)F)C3)o2)NC1)c1cnc2cc(Cl)ccc2c1. The number of hydrogen-bond acceptors (Lipinski definition) is 7. The number of nitrogens with zero attached hydrogens (tertiary/aromatic N) is 3. The van der Waals surface area contributed by atoms with Crippen LogP contribution >= 0.6 is 11.6 Å². The summed E-state index contributed by atoms with van der Waals surface area (Å²) in [5, 5.41) is 12.9. The first kappa shape index (κ1) is 23.2. The van der Waals surface area contributed by atoms with E-state index in [4.69, 9.17) is 16.0 Å². The van der Waals surface area contributed by atoms with Crippen molar-refractivity contribution >= 4 is 37.4 Å². The van der Waals surface area contributed by atoms with Crippen LogP contribution in [0.2, 0.25) is 11.1 Å². The van der Waals surface area contributed by atoms with E-state index in [1.807, 2.05) is 6.07 Å². The molecule has 13 heteroatoms. The Kier molecular flexibility index (Phi) is 6.31. The molecule has 2 atom stereocenters. The number of carbonyl (C=O) groups excluding carboxylic acids is 1. The second-order valence-corrected chi connectivity index (χ2v) is 11.7. The Morgan fingerprint density at radius 3 is 2.76 bits per heavy atom. The molecular weight excluding hydrogens is 491 g/mol. The van der Waals surface area contributed by atoms with Crippen LogP contribution in [0.1, 0.15) is 53.4 Å². The number of ether oxygens (including phenoxy) is 1. The summed E-state index contributed by atoms with van der Waals surface area (Å²) >= 11 is 5.98. The van der Waals surface area contributed by atoms with Gasteiger partial charge in [-0.1, -0.05) is 17.7 Å². The zero-order valence-electron chi connectivity index (χ0n) is 17.8. The van der Waals surface area contributed by atoms with E-state index < -0.39 is 21.4 Å². The molecule has 2 aromatic heterocycles. The fourth-order valence-corrected chi connectivity index (χ4v) is 6.74. The number of aromatic nitrogens is 3. The van der Waals surface area contributed by atoms with Crippen LogP contribution in [0.4, 0.5) is 13.2 Å². The van der Waals surface area contributed by atoms with Gasteiger partial charge in [0.15, 0.2) is 8.96 Å². The number of carbonyl (C=O) groups is 1. The van der Waals surface area contributed by atoms with Crippen LogP contribution in [0.15, 0.2) is 34.9 Å². The maximum atomic E-state index is 12.7. The van der Waals surface area contributed by atoms with Gasteiger partial charge in [-0.05, 0) is 43.5 Å². The van der Waals surface area contributed by atoms with Crippen molar-refractivity contribution in [2.24, 2.45) is 0 Å². The number of amides is 1. The van der Waals surface area contributed by atoms with Gasteiger partial charge in [-0.3, -0.25) is 14.5 Å². The van der Waals surface area contributed by atoms with Crippen molar-refractivity contribution in [2.45, 2.75) is 49.7 Å². The standard InChI is InChI=1S/C21H21ClF3N5O3Si/c22-14-2-1-11-5-13(9-26-17(11)8-14)18(31)30-34-4-3-16(27-10-34)20-29-28-19(32-20)12-6-15(7-12)33-21(23,24)25/h1-2,5,8-9,12,15-16,27,34H,3-4,6-7,10H2,(H,30,31)/t12?,15?,16-,34+/m1/s1. The molecule has 1 saturated carbocycles. The van der Waals surface area contributed by atoms with Gasteiger partial charge < -0.3 is 14.7 Å². The molecule has 2 N–H and O–H groups in total. The highest BCUT2D eigenvalue weighted by Crippen LogP contribution is 2.41. The van der Waals surface area contributed by atoms with Gasteiger partial charge in [-0.25, -0.2) is 0 Å². The molecule has 1 aromatic carbocycles. The van der Waals surface area contributed by atoms with E-state index in [1.165, 1.54) is 0 Å². The highest BCUT2D eigenvalue weighted by molar-refractivity contribution is 6.60. The summed E-state index contributed by atoms with van der Waals surface area (Å²) in [6, 6.07) is 7.83. The molecule has 1 saturated heterocycles. The number of rotatable bonds is 5. The lowest BCUT2D eigenvalue weighted by Gasteiger charge is -2.33. The molecule has 34 heavy (non-hydrogen) atoms. The number of fused-ring (bicyclic) bond motifs is 1. The van der Waals surface area contributed by atoms with Gasteiger partial charge in [0.2, 0.25) is 17.7 Å². The number of pyridine rings is 1. The molecule has 3 heterocycles. The fraction of sp³-hybridized carbons (Fsp3) is 0.429. The molecule has 1 aliphatic heterocycles. The third-order valence-electron chi connectivity index (χ3n) is 6.16. The summed E-state index contributed by atoms with van der Waals surface area (Å²) in [5.41, 5.74) is 1.23. The fourth-order valence-electron chi connectivity index (χ4n) is 4.28.